The Hall–Kier alpha value is -4.25. The molecule has 42 heavy (non-hydrogen) atoms. The maximum absolute atomic E-state index is 13.8. The summed E-state index contributed by atoms with van der Waals surface area (Å²) in [5.74, 6) is -0.434. The SMILES string of the molecule is COc1ccc(N(CC(=O)Nc2ccc(S(=O)(=O)N3CCOCC3)cc2)S(=O)(=O)c2ccccc2[N+](=O)[O-])c(OC)c1. The lowest BCUT2D eigenvalue weighted by molar-refractivity contribution is -0.387. The monoisotopic (exact) mass is 620 g/mol. The van der Waals surface area contributed by atoms with Gasteiger partial charge in [-0.3, -0.25) is 19.2 Å². The van der Waals surface area contributed by atoms with E-state index in [1.54, 1.807) is 0 Å². The molecule has 1 saturated heterocycles. The van der Waals surface area contributed by atoms with Crippen LogP contribution in [0.3, 0.4) is 0 Å². The zero-order valence-corrected chi connectivity index (χ0v) is 24.3. The maximum Gasteiger partial charge on any atom is 0.289 e. The quantitative estimate of drug-likeness (QED) is 0.248. The first kappa shape index (κ1) is 30.7. The van der Waals surface area contributed by atoms with Crippen molar-refractivity contribution in [3.05, 3.63) is 76.8 Å². The van der Waals surface area contributed by atoms with E-state index in [-0.39, 0.29) is 48.3 Å². The van der Waals surface area contributed by atoms with Gasteiger partial charge in [0.1, 0.15) is 18.0 Å². The number of benzene rings is 3. The fourth-order valence-corrected chi connectivity index (χ4v) is 7.21. The number of hydrogen-bond acceptors (Lipinski definition) is 10. The number of ether oxygens (including phenoxy) is 3. The van der Waals surface area contributed by atoms with Crippen LogP contribution in [0.15, 0.2) is 76.5 Å². The van der Waals surface area contributed by atoms with Gasteiger partial charge in [-0.25, -0.2) is 16.8 Å². The van der Waals surface area contributed by atoms with Crippen LogP contribution in [0.4, 0.5) is 17.1 Å². The number of hydrogen-bond donors (Lipinski definition) is 1. The van der Waals surface area contributed by atoms with Crippen molar-refractivity contribution in [2.45, 2.75) is 9.79 Å². The molecule has 1 fully saturated rings. The van der Waals surface area contributed by atoms with Crippen LogP contribution < -0.4 is 19.1 Å². The minimum absolute atomic E-state index is 0.0194. The van der Waals surface area contributed by atoms with Crippen LogP contribution in [0.5, 0.6) is 11.5 Å². The Labute approximate surface area is 242 Å². The number of methoxy groups -OCH3 is 2. The van der Waals surface area contributed by atoms with E-state index in [2.05, 4.69) is 5.32 Å². The van der Waals surface area contributed by atoms with E-state index >= 15 is 0 Å². The predicted molar refractivity (Wildman–Crippen MR) is 152 cm³/mol. The summed E-state index contributed by atoms with van der Waals surface area (Å²) in [6.07, 6.45) is 0. The first-order chi connectivity index (χ1) is 20.0. The number of sulfonamides is 2. The van der Waals surface area contributed by atoms with E-state index < -0.39 is 48.0 Å². The molecule has 1 N–H and O–H groups in total. The predicted octanol–water partition coefficient (Wildman–Crippen LogP) is 2.47. The summed E-state index contributed by atoms with van der Waals surface area (Å²) in [6.45, 7) is 0.222. The number of nitrogens with one attached hydrogen (secondary N) is 1. The molecule has 0 bridgehead atoms. The number of carbonyl (C=O) groups excluding carboxylic acids is 1. The van der Waals surface area contributed by atoms with Crippen molar-refractivity contribution in [3.63, 3.8) is 0 Å². The smallest absolute Gasteiger partial charge is 0.289 e. The number of para-hydroxylation sites is 1. The second-order valence-corrected chi connectivity index (χ2v) is 12.6. The molecule has 1 amide bonds. The fourth-order valence-electron chi connectivity index (χ4n) is 4.21. The fraction of sp³-hybridized carbons (Fsp3) is 0.269. The van der Waals surface area contributed by atoms with Crippen LogP contribution in [0, 0.1) is 10.1 Å². The highest BCUT2D eigenvalue weighted by atomic mass is 32.2. The topological polar surface area (TPSA) is 175 Å². The maximum atomic E-state index is 13.8. The molecule has 0 aromatic heterocycles. The standard InChI is InChI=1S/C26H28N4O10S2/c1-38-20-9-12-22(24(17-20)39-2)29(42(36,37)25-6-4-3-5-23(25)30(32)33)18-26(31)27-19-7-10-21(11-8-19)41(34,35)28-13-15-40-16-14-28/h3-12,17H,13-16,18H2,1-2H3,(H,27,31). The highest BCUT2D eigenvalue weighted by Crippen LogP contribution is 2.37. The van der Waals surface area contributed by atoms with Gasteiger partial charge >= 0.3 is 0 Å². The summed E-state index contributed by atoms with van der Waals surface area (Å²) in [5, 5.41) is 14.2. The third kappa shape index (κ3) is 6.46. The normalized spacial score (nSPS) is 14.1. The van der Waals surface area contributed by atoms with Crippen LogP contribution in [0.1, 0.15) is 0 Å². The number of nitro benzene ring substituents is 1. The van der Waals surface area contributed by atoms with Gasteiger partial charge in [-0.2, -0.15) is 4.31 Å². The van der Waals surface area contributed by atoms with Gasteiger partial charge in [-0.05, 0) is 42.5 Å². The molecule has 1 aliphatic rings. The third-order valence-electron chi connectivity index (χ3n) is 6.32. The lowest BCUT2D eigenvalue weighted by Gasteiger charge is -2.26. The van der Waals surface area contributed by atoms with Gasteiger partial charge in [0.2, 0.25) is 15.9 Å². The second kappa shape index (κ2) is 12.7. The van der Waals surface area contributed by atoms with Crippen molar-refractivity contribution in [2.75, 3.05) is 56.7 Å². The molecule has 0 aliphatic carbocycles. The van der Waals surface area contributed by atoms with Crippen LogP contribution in [0.25, 0.3) is 0 Å². The molecule has 0 atom stereocenters. The number of anilines is 2. The Morgan fingerprint density at radius 2 is 1.67 bits per heavy atom. The van der Waals surface area contributed by atoms with Gasteiger partial charge in [0.25, 0.3) is 15.7 Å². The number of rotatable bonds is 11. The van der Waals surface area contributed by atoms with Crippen molar-refractivity contribution in [1.82, 2.24) is 4.31 Å². The third-order valence-corrected chi connectivity index (χ3v) is 10.0. The number of morpholine rings is 1. The summed E-state index contributed by atoms with van der Waals surface area (Å²) in [6, 6.07) is 14.4. The summed E-state index contributed by atoms with van der Waals surface area (Å²) < 4.78 is 71.2. The van der Waals surface area contributed by atoms with Gasteiger partial charge in [0.15, 0.2) is 4.90 Å². The molecule has 4 rings (SSSR count). The first-order valence-electron chi connectivity index (χ1n) is 12.4. The molecule has 3 aromatic rings. The number of carbonyl (C=O) groups is 1. The molecule has 0 saturated carbocycles. The second-order valence-electron chi connectivity index (χ2n) is 8.86. The highest BCUT2D eigenvalue weighted by molar-refractivity contribution is 7.93. The van der Waals surface area contributed by atoms with E-state index in [1.807, 2.05) is 0 Å². The van der Waals surface area contributed by atoms with E-state index in [9.17, 15) is 31.7 Å². The molecule has 0 spiro atoms. The van der Waals surface area contributed by atoms with Crippen LogP contribution in [-0.2, 0) is 29.6 Å². The Morgan fingerprint density at radius 1 is 1.00 bits per heavy atom. The minimum atomic E-state index is -4.69. The molecule has 0 unspecified atom stereocenters. The summed E-state index contributed by atoms with van der Waals surface area (Å²) in [7, 11) is -5.76. The number of nitro groups is 1. The van der Waals surface area contributed by atoms with Crippen LogP contribution in [-0.4, -0.2) is 79.0 Å². The Morgan fingerprint density at radius 3 is 2.29 bits per heavy atom. The van der Waals surface area contributed by atoms with Crippen LogP contribution in [0.2, 0.25) is 0 Å². The zero-order chi connectivity index (χ0) is 30.5. The molecular weight excluding hydrogens is 592 g/mol. The first-order valence-corrected chi connectivity index (χ1v) is 15.3. The lowest BCUT2D eigenvalue weighted by Crippen LogP contribution is -2.40. The zero-order valence-electron chi connectivity index (χ0n) is 22.6. The molecule has 1 heterocycles. The summed E-state index contributed by atoms with van der Waals surface area (Å²) in [4.78, 5) is 23.4. The lowest BCUT2D eigenvalue weighted by atomic mass is 10.2. The van der Waals surface area contributed by atoms with Gasteiger partial charge < -0.3 is 19.5 Å². The van der Waals surface area contributed by atoms with E-state index in [0.29, 0.717) is 10.1 Å². The van der Waals surface area contributed by atoms with Crippen molar-refractivity contribution >= 4 is 43.0 Å². The van der Waals surface area contributed by atoms with Gasteiger partial charge in [0, 0.05) is 30.9 Å². The van der Waals surface area contributed by atoms with Crippen molar-refractivity contribution in [2.24, 2.45) is 0 Å². The number of nitrogens with zero attached hydrogens (tertiary/aromatic N) is 3. The Kier molecular flexibility index (Phi) is 9.30. The van der Waals surface area contributed by atoms with E-state index in [4.69, 9.17) is 14.2 Å². The molecule has 1 aliphatic heterocycles. The average molecular weight is 621 g/mol. The van der Waals surface area contributed by atoms with Gasteiger partial charge in [-0.15, -0.1) is 0 Å². The van der Waals surface area contributed by atoms with Crippen molar-refractivity contribution in [3.8, 4) is 11.5 Å². The van der Waals surface area contributed by atoms with Crippen molar-refractivity contribution < 1.29 is 40.8 Å². The minimum Gasteiger partial charge on any atom is -0.497 e. The van der Waals surface area contributed by atoms with Crippen molar-refractivity contribution in [1.29, 1.82) is 0 Å². The summed E-state index contributed by atoms with van der Waals surface area (Å²) in [5.41, 5.74) is -0.545. The average Bonchev–Trinajstić information content (AvgIpc) is 3.00. The molecular formula is C26H28N4O10S2. The molecule has 14 nitrogen and oxygen atoms in total. The molecule has 3 aromatic carbocycles. The molecule has 0 radical (unpaired) electrons. The van der Waals surface area contributed by atoms with Gasteiger partial charge in [-0.1, -0.05) is 12.1 Å². The largest absolute Gasteiger partial charge is 0.497 e. The summed E-state index contributed by atoms with van der Waals surface area (Å²) >= 11 is 0. The van der Waals surface area contributed by atoms with E-state index in [1.165, 1.54) is 73.1 Å². The number of amides is 1. The Bertz CT molecular complexity index is 1670. The molecule has 224 valence electrons. The Balaban J connectivity index is 1.65. The van der Waals surface area contributed by atoms with E-state index in [0.717, 1.165) is 12.1 Å². The van der Waals surface area contributed by atoms with Gasteiger partial charge in [0.05, 0.1) is 42.9 Å². The van der Waals surface area contributed by atoms with Crippen LogP contribution >= 0.6 is 0 Å². The highest BCUT2D eigenvalue weighted by Gasteiger charge is 2.35. The molecule has 16 heteroatoms.